The van der Waals surface area contributed by atoms with Gasteiger partial charge in [0, 0.05) is 32.0 Å². The number of hydrogen-bond acceptors (Lipinski definition) is 9. The molecule has 2 aromatic carbocycles. The van der Waals surface area contributed by atoms with Gasteiger partial charge in [-0.15, -0.1) is 0 Å². The summed E-state index contributed by atoms with van der Waals surface area (Å²) in [6.07, 6.45) is 1.87. The molecule has 2 heterocycles. The molecule has 0 spiro atoms. The predicted molar refractivity (Wildman–Crippen MR) is 168 cm³/mol. The first-order chi connectivity index (χ1) is 21.8. The lowest BCUT2D eigenvalue weighted by Gasteiger charge is -2.46. The van der Waals surface area contributed by atoms with Crippen LogP contribution in [0.25, 0.3) is 0 Å². The molecule has 0 aromatic heterocycles. The second-order valence-corrected chi connectivity index (χ2v) is 12.2. The fourth-order valence-electron chi connectivity index (χ4n) is 6.49. The molecule has 0 radical (unpaired) electrons. The number of ketones is 1. The van der Waals surface area contributed by atoms with E-state index in [0.29, 0.717) is 55.5 Å². The number of carbonyl (C=O) groups is 4. The van der Waals surface area contributed by atoms with Crippen LogP contribution in [0.3, 0.4) is 0 Å². The van der Waals surface area contributed by atoms with Gasteiger partial charge < -0.3 is 35.7 Å². The first-order valence-corrected chi connectivity index (χ1v) is 15.7. The Hall–Kier alpha value is -4.42. The van der Waals surface area contributed by atoms with E-state index in [9.17, 15) is 44.7 Å². The number of Topliss-reactive ketones (excluding diaryl/α,β-unsaturated/α-hetero) is 1. The van der Waals surface area contributed by atoms with Crippen molar-refractivity contribution < 1.29 is 44.7 Å². The van der Waals surface area contributed by atoms with Crippen LogP contribution in [0.1, 0.15) is 72.2 Å². The van der Waals surface area contributed by atoms with Crippen LogP contribution in [0, 0.1) is 18.8 Å². The van der Waals surface area contributed by atoms with E-state index < -0.39 is 47.3 Å². The van der Waals surface area contributed by atoms with Crippen molar-refractivity contribution in [2.45, 2.75) is 65.0 Å². The third-order valence-electron chi connectivity index (χ3n) is 9.02. The number of β-lactam (4-membered cyclic amide) rings is 1. The number of carbonyl (C=O) groups excluding carboxylic acids is 3. The Labute approximate surface area is 268 Å². The van der Waals surface area contributed by atoms with E-state index in [2.05, 4.69) is 10.2 Å². The third-order valence-corrected chi connectivity index (χ3v) is 9.02. The maximum Gasteiger partial charge on any atom is 0.352 e. The van der Waals surface area contributed by atoms with Gasteiger partial charge in [0.1, 0.15) is 11.4 Å². The predicted octanol–water partition coefficient (Wildman–Crippen LogP) is 3.17. The molecule has 2 aliphatic heterocycles. The molecule has 0 aliphatic carbocycles. The molecule has 248 valence electrons. The number of rotatable bonds is 16. The molecule has 1 saturated heterocycles. The lowest BCUT2D eigenvalue weighted by Crippen LogP contribution is -2.63. The van der Waals surface area contributed by atoms with Gasteiger partial charge >= 0.3 is 5.97 Å². The van der Waals surface area contributed by atoms with Crippen LogP contribution in [-0.2, 0) is 9.59 Å². The number of unbranched alkanes of at least 4 members (excludes halogenated alkanes) is 2. The van der Waals surface area contributed by atoms with Gasteiger partial charge in [-0.05, 0) is 69.0 Å². The second-order valence-electron chi connectivity index (χ2n) is 12.2. The number of carboxylic acid groups (broad SMARTS) is 1. The Morgan fingerprint density at radius 1 is 0.957 bits per heavy atom. The third kappa shape index (κ3) is 7.18. The van der Waals surface area contributed by atoms with Crippen molar-refractivity contribution in [1.29, 1.82) is 0 Å². The molecule has 0 saturated carbocycles. The minimum Gasteiger partial charge on any atom is -0.507 e. The average Bonchev–Trinajstić information content (AvgIpc) is 3.24. The molecule has 12 nitrogen and oxygen atoms in total. The standard InChI is InChI=1S/C34H43N3O9/c1-19-10-7-11-22(30(19)41)25(39)13-5-4-6-16-36(17-9-15-35-32(43)23-12-8-14-26(40)31(23)42)18-24-20(2)28-27(21(3)38)33(44)37(28)29(24)34(45)46/h7-8,10-12,14,20-21,27-28,38,40-42H,4-6,9,13,15-18H2,1-3H3,(H,35,43)(H,45,46)/t20-,21+,27+,28+/m0/s1. The van der Waals surface area contributed by atoms with Crippen LogP contribution in [0.15, 0.2) is 47.7 Å². The quantitative estimate of drug-likeness (QED) is 0.0691. The highest BCUT2D eigenvalue weighted by Gasteiger charge is 2.59. The van der Waals surface area contributed by atoms with Crippen molar-refractivity contribution in [1.82, 2.24) is 15.1 Å². The number of aromatic hydroxyl groups is 3. The summed E-state index contributed by atoms with van der Waals surface area (Å²) >= 11 is 0. The summed E-state index contributed by atoms with van der Waals surface area (Å²) < 4.78 is 0. The number of aryl methyl sites for hydroxylation is 1. The maximum atomic E-state index is 12.8. The molecule has 1 fully saturated rings. The summed E-state index contributed by atoms with van der Waals surface area (Å²) in [6, 6.07) is 8.79. The van der Waals surface area contributed by atoms with Gasteiger partial charge in [-0.2, -0.15) is 0 Å². The lowest BCUT2D eigenvalue weighted by molar-refractivity contribution is -0.163. The number of hydrogen-bond donors (Lipinski definition) is 6. The number of para-hydroxylation sites is 2. The summed E-state index contributed by atoms with van der Waals surface area (Å²) in [5.41, 5.74) is 1.45. The van der Waals surface area contributed by atoms with Gasteiger partial charge in [0.05, 0.1) is 29.2 Å². The first kappa shape index (κ1) is 34.5. The van der Waals surface area contributed by atoms with Gasteiger partial charge in [0.25, 0.3) is 5.91 Å². The summed E-state index contributed by atoms with van der Waals surface area (Å²) in [7, 11) is 0. The maximum absolute atomic E-state index is 12.8. The topological polar surface area (TPSA) is 188 Å². The van der Waals surface area contributed by atoms with Gasteiger partial charge in [-0.1, -0.05) is 31.5 Å². The Kier molecular flexibility index (Phi) is 11.1. The second kappa shape index (κ2) is 14.8. The number of aliphatic hydroxyl groups is 1. The molecule has 4 atom stereocenters. The molecular formula is C34H43N3O9. The van der Waals surface area contributed by atoms with E-state index in [-0.39, 0.29) is 48.2 Å². The molecule has 4 rings (SSSR count). The number of nitrogens with zero attached hydrogens (tertiary/aromatic N) is 2. The number of fused-ring (bicyclic) bond motifs is 1. The number of phenols is 3. The summed E-state index contributed by atoms with van der Waals surface area (Å²) in [4.78, 5) is 53.7. The fourth-order valence-corrected chi connectivity index (χ4v) is 6.49. The number of phenolic OH excluding ortho intramolecular Hbond substituents is 3. The number of aliphatic carboxylic acids is 1. The Bertz CT molecular complexity index is 1520. The highest BCUT2D eigenvalue weighted by molar-refractivity contribution is 6.00. The monoisotopic (exact) mass is 637 g/mol. The zero-order valence-electron chi connectivity index (χ0n) is 26.4. The number of nitrogens with one attached hydrogen (secondary N) is 1. The number of amides is 2. The molecule has 46 heavy (non-hydrogen) atoms. The average molecular weight is 638 g/mol. The highest BCUT2D eigenvalue weighted by Crippen LogP contribution is 2.47. The minimum absolute atomic E-state index is 0.000689. The lowest BCUT2D eigenvalue weighted by atomic mass is 9.77. The zero-order chi connectivity index (χ0) is 33.7. The number of carboxylic acids is 1. The summed E-state index contributed by atoms with van der Waals surface area (Å²) in [5.74, 6) is -4.11. The molecule has 2 amide bonds. The van der Waals surface area contributed by atoms with Crippen molar-refractivity contribution >= 4 is 23.6 Å². The Balaban J connectivity index is 1.40. The molecule has 0 bridgehead atoms. The molecule has 2 aliphatic rings. The van der Waals surface area contributed by atoms with E-state index in [0.717, 1.165) is 0 Å². The summed E-state index contributed by atoms with van der Waals surface area (Å²) in [6.45, 7) is 6.70. The molecule has 2 aromatic rings. The van der Waals surface area contributed by atoms with Gasteiger partial charge in [0.2, 0.25) is 5.91 Å². The van der Waals surface area contributed by atoms with Crippen LogP contribution < -0.4 is 5.32 Å². The van der Waals surface area contributed by atoms with Crippen LogP contribution in [0.2, 0.25) is 0 Å². The van der Waals surface area contributed by atoms with E-state index in [1.165, 1.54) is 30.0 Å². The minimum atomic E-state index is -1.20. The molecule has 0 unspecified atom stereocenters. The van der Waals surface area contributed by atoms with Crippen molar-refractivity contribution in [2.24, 2.45) is 11.8 Å². The SMILES string of the molecule is Cc1cccc(C(=O)CCCCCN(CCCNC(=O)c2cccc(O)c2O)CC2=C(C(=O)O)N3C(=O)[C@H]([C@@H](C)O)[C@H]3[C@H]2C)c1O. The Morgan fingerprint density at radius 3 is 2.33 bits per heavy atom. The number of benzene rings is 2. The van der Waals surface area contributed by atoms with Crippen molar-refractivity contribution in [3.8, 4) is 17.2 Å². The van der Waals surface area contributed by atoms with E-state index in [4.69, 9.17) is 0 Å². The smallest absolute Gasteiger partial charge is 0.352 e. The normalized spacial score (nSPS) is 19.6. The van der Waals surface area contributed by atoms with Gasteiger partial charge in [0.15, 0.2) is 17.3 Å². The van der Waals surface area contributed by atoms with Crippen LogP contribution in [0.4, 0.5) is 0 Å². The van der Waals surface area contributed by atoms with Crippen molar-refractivity contribution in [3.63, 3.8) is 0 Å². The summed E-state index contributed by atoms with van der Waals surface area (Å²) in [5, 5.41) is 52.9. The van der Waals surface area contributed by atoms with Crippen LogP contribution in [-0.4, -0.2) is 97.2 Å². The largest absolute Gasteiger partial charge is 0.507 e. The van der Waals surface area contributed by atoms with E-state index >= 15 is 0 Å². The molecule has 6 N–H and O–H groups in total. The van der Waals surface area contributed by atoms with Gasteiger partial charge in [-0.3, -0.25) is 19.3 Å². The number of aliphatic hydroxyl groups excluding tert-OH is 1. The zero-order valence-corrected chi connectivity index (χ0v) is 26.4. The van der Waals surface area contributed by atoms with Gasteiger partial charge in [-0.25, -0.2) is 4.79 Å². The van der Waals surface area contributed by atoms with E-state index in [1.54, 1.807) is 25.1 Å². The fraction of sp³-hybridized carbons (Fsp3) is 0.471. The Morgan fingerprint density at radius 2 is 1.63 bits per heavy atom. The van der Waals surface area contributed by atoms with E-state index in [1.807, 2.05) is 6.92 Å². The molecular weight excluding hydrogens is 594 g/mol. The highest BCUT2D eigenvalue weighted by atomic mass is 16.4. The van der Waals surface area contributed by atoms with Crippen LogP contribution in [0.5, 0.6) is 17.2 Å². The first-order valence-electron chi connectivity index (χ1n) is 15.7. The van der Waals surface area contributed by atoms with Crippen LogP contribution >= 0.6 is 0 Å². The molecule has 12 heteroatoms. The van der Waals surface area contributed by atoms with Crippen molar-refractivity contribution in [2.75, 3.05) is 26.2 Å². The van der Waals surface area contributed by atoms with Crippen molar-refractivity contribution in [3.05, 3.63) is 64.4 Å².